The van der Waals surface area contributed by atoms with Gasteiger partial charge >= 0.3 is 6.36 Å². The molecule has 1 aliphatic carbocycles. The molecule has 1 aliphatic rings. The molecule has 5 nitrogen and oxygen atoms in total. The van der Waals surface area contributed by atoms with E-state index in [1.807, 2.05) is 0 Å². The quantitative estimate of drug-likeness (QED) is 0.778. The van der Waals surface area contributed by atoms with Crippen LogP contribution in [0.4, 0.5) is 13.2 Å². The molecule has 0 aromatic heterocycles. The van der Waals surface area contributed by atoms with Gasteiger partial charge < -0.3 is 9.84 Å². The first-order chi connectivity index (χ1) is 13.1. The van der Waals surface area contributed by atoms with Crippen LogP contribution in [0.25, 0.3) is 11.1 Å². The van der Waals surface area contributed by atoms with E-state index in [4.69, 9.17) is 0 Å². The van der Waals surface area contributed by atoms with Crippen molar-refractivity contribution in [3.63, 3.8) is 0 Å². The summed E-state index contributed by atoms with van der Waals surface area (Å²) in [7, 11) is -4.24. The van der Waals surface area contributed by atoms with E-state index in [1.54, 1.807) is 30.3 Å². The molecule has 28 heavy (non-hydrogen) atoms. The standard InChI is InChI=1S/C19H20F3NO4S/c20-19(21,22)27-17-12-14(13-4-2-1-3-5-13)6-11-18(17)28(25,26)23-15-7-9-16(24)10-8-15/h1-6,11-12,15-16,23-24H,7-10H2/t15-,16-. The minimum atomic E-state index is -5.03. The molecule has 0 heterocycles. The summed E-state index contributed by atoms with van der Waals surface area (Å²) in [6.07, 6.45) is -3.81. The van der Waals surface area contributed by atoms with Gasteiger partial charge in [0.05, 0.1) is 6.10 Å². The topological polar surface area (TPSA) is 75.6 Å². The van der Waals surface area contributed by atoms with Crippen molar-refractivity contribution in [1.82, 2.24) is 4.72 Å². The van der Waals surface area contributed by atoms with Gasteiger partial charge in [0.1, 0.15) is 10.6 Å². The first-order valence-electron chi connectivity index (χ1n) is 8.80. The third kappa shape index (κ3) is 5.24. The maximum absolute atomic E-state index is 12.9. The summed E-state index contributed by atoms with van der Waals surface area (Å²) in [6.45, 7) is 0. The average molecular weight is 415 g/mol. The summed E-state index contributed by atoms with van der Waals surface area (Å²) in [5, 5.41) is 9.53. The summed E-state index contributed by atoms with van der Waals surface area (Å²) in [5.41, 5.74) is 1.03. The average Bonchev–Trinajstić information content (AvgIpc) is 2.63. The van der Waals surface area contributed by atoms with Gasteiger partial charge in [0.2, 0.25) is 10.0 Å². The van der Waals surface area contributed by atoms with Crippen LogP contribution in [0, 0.1) is 0 Å². The molecule has 0 spiro atoms. The lowest BCUT2D eigenvalue weighted by atomic mass is 9.94. The molecule has 0 unspecified atom stereocenters. The number of hydrogen-bond acceptors (Lipinski definition) is 4. The molecule has 2 N–H and O–H groups in total. The van der Waals surface area contributed by atoms with Crippen LogP contribution < -0.4 is 9.46 Å². The lowest BCUT2D eigenvalue weighted by Crippen LogP contribution is -2.38. The molecule has 0 bridgehead atoms. The number of halogens is 3. The van der Waals surface area contributed by atoms with Gasteiger partial charge in [-0.05, 0) is 48.9 Å². The molecule has 3 rings (SSSR count). The van der Waals surface area contributed by atoms with Crippen LogP contribution in [0.2, 0.25) is 0 Å². The highest BCUT2D eigenvalue weighted by Gasteiger charge is 2.35. The number of ether oxygens (including phenoxy) is 1. The lowest BCUT2D eigenvalue weighted by molar-refractivity contribution is -0.275. The van der Waals surface area contributed by atoms with Crippen LogP contribution in [0.15, 0.2) is 53.4 Å². The summed E-state index contributed by atoms with van der Waals surface area (Å²) in [5.74, 6) is -0.780. The second-order valence-electron chi connectivity index (χ2n) is 6.70. The summed E-state index contributed by atoms with van der Waals surface area (Å²) in [6, 6.07) is 11.8. The van der Waals surface area contributed by atoms with Crippen molar-refractivity contribution in [1.29, 1.82) is 0 Å². The van der Waals surface area contributed by atoms with Crippen molar-refractivity contribution in [2.45, 2.75) is 49.1 Å². The van der Waals surface area contributed by atoms with E-state index in [9.17, 15) is 26.7 Å². The Kier molecular flexibility index (Phi) is 5.97. The van der Waals surface area contributed by atoms with Crippen molar-refractivity contribution in [3.8, 4) is 16.9 Å². The molecule has 1 saturated carbocycles. The number of aliphatic hydroxyl groups excluding tert-OH is 1. The zero-order valence-corrected chi connectivity index (χ0v) is 15.6. The zero-order valence-electron chi connectivity index (χ0n) is 14.8. The van der Waals surface area contributed by atoms with Crippen LogP contribution in [0.1, 0.15) is 25.7 Å². The van der Waals surface area contributed by atoms with Gasteiger partial charge in [-0.15, -0.1) is 13.2 Å². The predicted octanol–water partition coefficient (Wildman–Crippen LogP) is 3.83. The fraction of sp³-hybridized carbons (Fsp3) is 0.368. The number of rotatable bonds is 5. The third-order valence-corrected chi connectivity index (χ3v) is 6.14. The van der Waals surface area contributed by atoms with Crippen LogP contribution in [-0.2, 0) is 10.0 Å². The lowest BCUT2D eigenvalue weighted by Gasteiger charge is -2.26. The van der Waals surface area contributed by atoms with Gasteiger partial charge in [-0.1, -0.05) is 36.4 Å². The Morgan fingerprint density at radius 2 is 1.61 bits per heavy atom. The van der Waals surface area contributed by atoms with E-state index in [2.05, 4.69) is 9.46 Å². The molecular weight excluding hydrogens is 395 g/mol. The van der Waals surface area contributed by atoms with E-state index in [0.717, 1.165) is 12.1 Å². The van der Waals surface area contributed by atoms with Crippen molar-refractivity contribution in [3.05, 3.63) is 48.5 Å². The second kappa shape index (κ2) is 8.10. The first kappa shape index (κ1) is 20.6. The van der Waals surface area contributed by atoms with Gasteiger partial charge in [0.15, 0.2) is 0 Å². The molecule has 0 radical (unpaired) electrons. The Balaban J connectivity index is 1.94. The largest absolute Gasteiger partial charge is 0.573 e. The summed E-state index contributed by atoms with van der Waals surface area (Å²) < 4.78 is 70.5. The highest BCUT2D eigenvalue weighted by molar-refractivity contribution is 7.89. The van der Waals surface area contributed by atoms with Gasteiger partial charge in [-0.3, -0.25) is 0 Å². The molecule has 0 amide bonds. The predicted molar refractivity (Wildman–Crippen MR) is 97.1 cm³/mol. The van der Waals surface area contributed by atoms with Crippen molar-refractivity contribution in [2.75, 3.05) is 0 Å². The van der Waals surface area contributed by atoms with Crippen molar-refractivity contribution < 1.29 is 31.4 Å². The fourth-order valence-electron chi connectivity index (χ4n) is 3.22. The Bertz CT molecular complexity index is 909. The van der Waals surface area contributed by atoms with Crippen LogP contribution >= 0.6 is 0 Å². The fourth-order valence-corrected chi connectivity index (χ4v) is 4.64. The number of hydrogen-bond donors (Lipinski definition) is 2. The first-order valence-corrected chi connectivity index (χ1v) is 10.3. The van der Waals surface area contributed by atoms with E-state index in [-0.39, 0.29) is 0 Å². The Morgan fingerprint density at radius 1 is 0.964 bits per heavy atom. The Hall–Kier alpha value is -2.10. The maximum atomic E-state index is 12.9. The van der Waals surface area contributed by atoms with E-state index < -0.39 is 39.2 Å². The van der Waals surface area contributed by atoms with Crippen LogP contribution in [0.5, 0.6) is 5.75 Å². The number of benzene rings is 2. The molecule has 0 saturated heterocycles. The van der Waals surface area contributed by atoms with E-state index >= 15 is 0 Å². The highest BCUT2D eigenvalue weighted by atomic mass is 32.2. The molecule has 9 heteroatoms. The minimum Gasteiger partial charge on any atom is -0.404 e. The zero-order chi connectivity index (χ0) is 20.4. The van der Waals surface area contributed by atoms with Gasteiger partial charge in [-0.25, -0.2) is 13.1 Å². The molecule has 152 valence electrons. The third-order valence-electron chi connectivity index (χ3n) is 4.58. The summed E-state index contributed by atoms with van der Waals surface area (Å²) in [4.78, 5) is -0.573. The smallest absolute Gasteiger partial charge is 0.404 e. The molecule has 0 atom stereocenters. The number of alkyl halides is 3. The van der Waals surface area contributed by atoms with Crippen LogP contribution in [0.3, 0.4) is 0 Å². The summed E-state index contributed by atoms with van der Waals surface area (Å²) >= 11 is 0. The maximum Gasteiger partial charge on any atom is 0.573 e. The number of aliphatic hydroxyl groups is 1. The van der Waals surface area contributed by atoms with Gasteiger partial charge in [0.25, 0.3) is 0 Å². The van der Waals surface area contributed by atoms with Crippen molar-refractivity contribution >= 4 is 10.0 Å². The minimum absolute atomic E-state index is 0.402. The molecule has 2 aromatic rings. The van der Waals surface area contributed by atoms with E-state index in [0.29, 0.717) is 36.8 Å². The molecule has 0 aliphatic heterocycles. The Labute approximate surface area is 161 Å². The molecule has 1 fully saturated rings. The van der Waals surface area contributed by atoms with Gasteiger partial charge in [0, 0.05) is 6.04 Å². The highest BCUT2D eigenvalue weighted by Crippen LogP contribution is 2.34. The van der Waals surface area contributed by atoms with Crippen molar-refractivity contribution in [2.24, 2.45) is 0 Å². The van der Waals surface area contributed by atoms with Gasteiger partial charge in [-0.2, -0.15) is 0 Å². The second-order valence-corrected chi connectivity index (χ2v) is 8.38. The number of sulfonamides is 1. The number of nitrogens with one attached hydrogen (secondary N) is 1. The SMILES string of the molecule is O=S(=O)(N[C@H]1CC[C@H](O)CC1)c1ccc(-c2ccccc2)cc1OC(F)(F)F. The molecular formula is C19H20F3NO4S. The molecule has 2 aromatic carbocycles. The Morgan fingerprint density at radius 3 is 2.21 bits per heavy atom. The van der Waals surface area contributed by atoms with E-state index in [1.165, 1.54) is 6.07 Å². The normalized spacial score (nSPS) is 20.7. The monoisotopic (exact) mass is 415 g/mol. The van der Waals surface area contributed by atoms with Crippen LogP contribution in [-0.4, -0.2) is 32.0 Å².